The zero-order valence-electron chi connectivity index (χ0n) is 12.2. The van der Waals surface area contributed by atoms with E-state index >= 15 is 0 Å². The van der Waals surface area contributed by atoms with Crippen LogP contribution in [0.5, 0.6) is 0 Å². The van der Waals surface area contributed by atoms with E-state index in [-0.39, 0.29) is 0 Å². The number of nitrogens with one attached hydrogen (secondary N) is 1. The Morgan fingerprint density at radius 1 is 1.29 bits per heavy atom. The fraction of sp³-hybridized carbons (Fsp3) is 1.00. The van der Waals surface area contributed by atoms with Crippen LogP contribution in [0.25, 0.3) is 0 Å². The normalized spacial score (nSPS) is 27.0. The summed E-state index contributed by atoms with van der Waals surface area (Å²) >= 11 is 0. The maximum absolute atomic E-state index is 5.23. The van der Waals surface area contributed by atoms with Crippen LogP contribution in [0.15, 0.2) is 0 Å². The average Bonchev–Trinajstić information content (AvgIpc) is 2.25. The fourth-order valence-electron chi connectivity index (χ4n) is 2.75. The lowest BCUT2D eigenvalue weighted by Gasteiger charge is -2.42. The van der Waals surface area contributed by atoms with Crippen LogP contribution in [0.1, 0.15) is 34.1 Å². The quantitative estimate of drug-likeness (QED) is 0.771. The third-order valence-electron chi connectivity index (χ3n) is 3.65. The van der Waals surface area contributed by atoms with Crippen LogP contribution < -0.4 is 5.32 Å². The van der Waals surface area contributed by atoms with Gasteiger partial charge in [0.05, 0.1) is 6.61 Å². The molecule has 2 unspecified atom stereocenters. The van der Waals surface area contributed by atoms with Crippen molar-refractivity contribution in [2.75, 3.05) is 33.4 Å². The Labute approximate surface area is 107 Å². The fourth-order valence-corrected chi connectivity index (χ4v) is 2.75. The van der Waals surface area contributed by atoms with Crippen LogP contribution in [0.2, 0.25) is 0 Å². The van der Waals surface area contributed by atoms with E-state index in [9.17, 15) is 0 Å². The standard InChI is InChI=1S/C14H30N2O/c1-11(2)8-13-10-16(6-7-17-5)14(9-15-13)12(3)4/h11-15H,6-10H2,1-5H3. The summed E-state index contributed by atoms with van der Waals surface area (Å²) in [6.45, 7) is 13.4. The number of methoxy groups -OCH3 is 1. The molecule has 1 aliphatic rings. The van der Waals surface area contributed by atoms with Gasteiger partial charge >= 0.3 is 0 Å². The van der Waals surface area contributed by atoms with Gasteiger partial charge in [0, 0.05) is 38.8 Å². The van der Waals surface area contributed by atoms with Gasteiger partial charge in [0.1, 0.15) is 0 Å². The van der Waals surface area contributed by atoms with E-state index < -0.39 is 0 Å². The van der Waals surface area contributed by atoms with Crippen molar-refractivity contribution in [1.82, 2.24) is 10.2 Å². The van der Waals surface area contributed by atoms with Gasteiger partial charge in [-0.3, -0.25) is 4.90 Å². The first kappa shape index (κ1) is 14.9. The van der Waals surface area contributed by atoms with E-state index in [1.54, 1.807) is 7.11 Å². The second-order valence-electron chi connectivity index (χ2n) is 6.03. The molecule has 0 bridgehead atoms. The average molecular weight is 242 g/mol. The second-order valence-corrected chi connectivity index (χ2v) is 6.03. The Morgan fingerprint density at radius 2 is 2.00 bits per heavy atom. The lowest BCUT2D eigenvalue weighted by Crippen LogP contribution is -2.59. The number of rotatable bonds is 6. The molecule has 0 aliphatic carbocycles. The molecule has 102 valence electrons. The van der Waals surface area contributed by atoms with Gasteiger partial charge in [-0.2, -0.15) is 0 Å². The van der Waals surface area contributed by atoms with Crippen LogP contribution in [-0.4, -0.2) is 50.3 Å². The van der Waals surface area contributed by atoms with Crippen molar-refractivity contribution in [3.05, 3.63) is 0 Å². The molecule has 0 saturated carbocycles. The topological polar surface area (TPSA) is 24.5 Å². The molecule has 1 rings (SSSR count). The minimum Gasteiger partial charge on any atom is -0.383 e. The summed E-state index contributed by atoms with van der Waals surface area (Å²) in [7, 11) is 1.79. The molecule has 1 aliphatic heterocycles. The Morgan fingerprint density at radius 3 is 2.53 bits per heavy atom. The Balaban J connectivity index is 2.50. The van der Waals surface area contributed by atoms with Crippen LogP contribution in [0, 0.1) is 11.8 Å². The van der Waals surface area contributed by atoms with Crippen molar-refractivity contribution in [2.45, 2.75) is 46.2 Å². The van der Waals surface area contributed by atoms with Crippen LogP contribution >= 0.6 is 0 Å². The summed E-state index contributed by atoms with van der Waals surface area (Å²) in [6, 6.07) is 1.32. The number of piperazine rings is 1. The highest BCUT2D eigenvalue weighted by Crippen LogP contribution is 2.17. The van der Waals surface area contributed by atoms with Gasteiger partial charge in [-0.15, -0.1) is 0 Å². The molecule has 3 nitrogen and oxygen atoms in total. The SMILES string of the molecule is COCCN1CC(CC(C)C)NCC1C(C)C. The minimum absolute atomic E-state index is 0.654. The number of hydrogen-bond acceptors (Lipinski definition) is 3. The van der Waals surface area contributed by atoms with Crippen molar-refractivity contribution in [3.63, 3.8) is 0 Å². The Bertz CT molecular complexity index is 206. The molecule has 0 aromatic rings. The highest BCUT2D eigenvalue weighted by atomic mass is 16.5. The van der Waals surface area contributed by atoms with E-state index in [0.717, 1.165) is 25.6 Å². The maximum atomic E-state index is 5.23. The van der Waals surface area contributed by atoms with E-state index in [4.69, 9.17) is 4.74 Å². The molecule has 3 heteroatoms. The zero-order chi connectivity index (χ0) is 12.8. The first-order valence-electron chi connectivity index (χ1n) is 7.01. The van der Waals surface area contributed by atoms with Gasteiger partial charge < -0.3 is 10.1 Å². The van der Waals surface area contributed by atoms with Gasteiger partial charge in [-0.05, 0) is 18.3 Å². The summed E-state index contributed by atoms with van der Waals surface area (Å²) < 4.78 is 5.23. The van der Waals surface area contributed by atoms with Gasteiger partial charge in [0.25, 0.3) is 0 Å². The molecule has 2 atom stereocenters. The lowest BCUT2D eigenvalue weighted by molar-refractivity contribution is 0.0621. The molecule has 0 spiro atoms. The zero-order valence-corrected chi connectivity index (χ0v) is 12.2. The molecule has 1 N–H and O–H groups in total. The van der Waals surface area contributed by atoms with E-state index in [2.05, 4.69) is 37.9 Å². The van der Waals surface area contributed by atoms with Crippen LogP contribution in [-0.2, 0) is 4.74 Å². The summed E-state index contributed by atoms with van der Waals surface area (Å²) in [4.78, 5) is 2.61. The summed E-state index contributed by atoms with van der Waals surface area (Å²) in [5.74, 6) is 1.48. The predicted octanol–water partition coefficient (Wildman–Crippen LogP) is 1.98. The number of nitrogens with zero attached hydrogens (tertiary/aromatic N) is 1. The maximum Gasteiger partial charge on any atom is 0.0589 e. The molecule has 0 radical (unpaired) electrons. The lowest BCUT2D eigenvalue weighted by atomic mass is 9.95. The minimum atomic E-state index is 0.654. The molecule has 0 aromatic heterocycles. The van der Waals surface area contributed by atoms with E-state index in [1.165, 1.54) is 13.0 Å². The molecule has 1 heterocycles. The van der Waals surface area contributed by atoms with E-state index in [0.29, 0.717) is 18.0 Å². The summed E-state index contributed by atoms with van der Waals surface area (Å²) in [5.41, 5.74) is 0. The summed E-state index contributed by atoms with van der Waals surface area (Å²) in [6.07, 6.45) is 1.27. The van der Waals surface area contributed by atoms with Crippen LogP contribution in [0.4, 0.5) is 0 Å². The molecule has 0 aromatic carbocycles. The molecular formula is C14H30N2O. The van der Waals surface area contributed by atoms with Crippen molar-refractivity contribution < 1.29 is 4.74 Å². The molecular weight excluding hydrogens is 212 g/mol. The van der Waals surface area contributed by atoms with Crippen molar-refractivity contribution in [1.29, 1.82) is 0 Å². The Kier molecular flexibility index (Phi) is 6.45. The van der Waals surface area contributed by atoms with Crippen molar-refractivity contribution >= 4 is 0 Å². The molecule has 1 fully saturated rings. The Hall–Kier alpha value is -0.120. The van der Waals surface area contributed by atoms with Crippen molar-refractivity contribution in [3.8, 4) is 0 Å². The first-order chi connectivity index (χ1) is 8.04. The van der Waals surface area contributed by atoms with Gasteiger partial charge in [0.2, 0.25) is 0 Å². The molecule has 0 amide bonds. The smallest absolute Gasteiger partial charge is 0.0589 e. The third kappa shape index (κ3) is 4.94. The van der Waals surface area contributed by atoms with Crippen molar-refractivity contribution in [2.24, 2.45) is 11.8 Å². The number of hydrogen-bond donors (Lipinski definition) is 1. The van der Waals surface area contributed by atoms with E-state index in [1.807, 2.05) is 0 Å². The van der Waals surface area contributed by atoms with Gasteiger partial charge in [0.15, 0.2) is 0 Å². The third-order valence-corrected chi connectivity index (χ3v) is 3.65. The van der Waals surface area contributed by atoms with Gasteiger partial charge in [-0.1, -0.05) is 27.7 Å². The number of ether oxygens (including phenoxy) is 1. The largest absolute Gasteiger partial charge is 0.383 e. The highest BCUT2D eigenvalue weighted by Gasteiger charge is 2.29. The van der Waals surface area contributed by atoms with Crippen LogP contribution in [0.3, 0.4) is 0 Å². The molecule has 1 saturated heterocycles. The summed E-state index contributed by atoms with van der Waals surface area (Å²) in [5, 5.41) is 3.71. The monoisotopic (exact) mass is 242 g/mol. The predicted molar refractivity (Wildman–Crippen MR) is 73.3 cm³/mol. The first-order valence-corrected chi connectivity index (χ1v) is 7.01. The second kappa shape index (κ2) is 7.34. The van der Waals surface area contributed by atoms with Gasteiger partial charge in [-0.25, -0.2) is 0 Å². The highest BCUT2D eigenvalue weighted by molar-refractivity contribution is 4.88. The molecule has 17 heavy (non-hydrogen) atoms.